The predicted molar refractivity (Wildman–Crippen MR) is 598 cm³/mol. The second-order valence-electron chi connectivity index (χ2n) is 45.5. The van der Waals surface area contributed by atoms with Gasteiger partial charge in [0.25, 0.3) is 17.7 Å². The Bertz CT molecular complexity index is 6070. The van der Waals surface area contributed by atoms with Crippen LogP contribution in [0.3, 0.4) is 0 Å². The summed E-state index contributed by atoms with van der Waals surface area (Å²) < 4.78 is 99.0. The number of hydrogen-bond donors (Lipinski definition) is 6. The SMILES string of the molecule is C=S1(=O)NC(=O)c2ccc3c(c2)N(C[C@@H]2CC[C@H]2[C@@](O)(C#CCN2CCOCC2)/C=C/C[C@H](C)[C@H]1C)C[C@@]1(CCCc2cc(Cl)ccc21)CO3.C=S1(=O)NC(=O)c2ccc3c(c2)N(C[C@@H]2CC[C@H]2[C@@](O)(C#CCN2CCOCC2)/C=C/C[C@H](C)[C@H]1C)C[C@@]1(CCCc2cc(Cl)ccc21)CO3.C[C@@H]1[C@@H](C)C/C=C/[C@@](O)(C#CCN2CCOCC2)[C@@H]2CC[C@H]2CN2C[C@@]3(CCCc4cc(Cl)ccc43)COc3ccc(cc32)C(=O)NS1(=O)=O. The molecule has 3 saturated heterocycles. The second-order valence-corrected chi connectivity index (χ2v) is 53.6. The van der Waals surface area contributed by atoms with E-state index < -0.39 is 79.7 Å². The molecule has 3 saturated carbocycles. The molecule has 9 aliphatic heterocycles. The van der Waals surface area contributed by atoms with Crippen LogP contribution < -0.4 is 43.1 Å². The van der Waals surface area contributed by atoms with E-state index in [1.165, 1.54) is 33.4 Å². The third-order valence-electron chi connectivity index (χ3n) is 35.8. The highest BCUT2D eigenvalue weighted by Gasteiger charge is 2.54. The number of ether oxygens (including phenoxy) is 6. The number of aryl methyl sites for hydroxylation is 3. The normalized spacial score (nSPS) is 34.6. The molecule has 3 amide bonds. The first kappa shape index (κ1) is 109. The number of nitrogens with zero attached hydrogens (tertiary/aromatic N) is 6. The van der Waals surface area contributed by atoms with Gasteiger partial charge in [-0.1, -0.05) is 128 Å². The zero-order valence-corrected chi connectivity index (χ0v) is 92.3. The van der Waals surface area contributed by atoms with Crippen molar-refractivity contribution >= 4 is 111 Å². The molecule has 6 aromatic rings. The number of sulfonamides is 1. The Morgan fingerprint density at radius 2 is 0.687 bits per heavy atom. The maximum absolute atomic E-state index is 13.9. The Balaban J connectivity index is 0.000000141. The molecule has 6 aromatic carbocycles. The summed E-state index contributed by atoms with van der Waals surface area (Å²) in [6.45, 7) is 27.6. The first-order valence-corrected chi connectivity index (χ1v) is 60.6. The first-order chi connectivity index (χ1) is 71.9. The number of benzene rings is 6. The summed E-state index contributed by atoms with van der Waals surface area (Å²) in [5.74, 6) is 28.3. The molecule has 2 unspecified atom stereocenters. The zero-order valence-electron chi connectivity index (χ0n) is 87.6. The molecule has 25 nitrogen and oxygen atoms in total. The minimum atomic E-state index is -4.00. The predicted octanol–water partition coefficient (Wildman–Crippen LogP) is 15.5. The Morgan fingerprint density at radius 1 is 0.393 bits per heavy atom. The Hall–Kier alpha value is -9.07. The van der Waals surface area contributed by atoms with Crippen LogP contribution in [-0.2, 0) is 79.2 Å². The number of morpholine rings is 3. The van der Waals surface area contributed by atoms with Crippen LogP contribution in [-0.4, -0.2) is 267 Å². The van der Waals surface area contributed by atoms with Gasteiger partial charge in [-0.25, -0.2) is 21.6 Å². The van der Waals surface area contributed by atoms with Gasteiger partial charge in [-0.2, -0.15) is 0 Å². The van der Waals surface area contributed by atoms with E-state index in [0.717, 1.165) is 168 Å². The lowest BCUT2D eigenvalue weighted by Crippen LogP contribution is -2.52. The number of nitrogens with one attached hydrogen (secondary N) is 3. The van der Waals surface area contributed by atoms with Crippen molar-refractivity contribution in [1.82, 2.24) is 28.9 Å². The minimum Gasteiger partial charge on any atom is -0.490 e. The van der Waals surface area contributed by atoms with Crippen LogP contribution in [0.4, 0.5) is 17.1 Å². The lowest BCUT2D eigenvalue weighted by molar-refractivity contribution is -0.00365. The second kappa shape index (κ2) is 45.8. The molecule has 20 atom stereocenters. The van der Waals surface area contributed by atoms with Crippen LogP contribution in [0.15, 0.2) is 146 Å². The maximum atomic E-state index is 13.9. The summed E-state index contributed by atoms with van der Waals surface area (Å²) in [6, 6.07) is 34.8. The molecule has 31 heteroatoms. The van der Waals surface area contributed by atoms with Gasteiger partial charge in [0.15, 0.2) is 0 Å². The molecule has 6 N–H and O–H groups in total. The number of allylic oxidation sites excluding steroid dienone is 3. The molecule has 6 fully saturated rings. The molecule has 6 aliphatic carbocycles. The van der Waals surface area contributed by atoms with Crippen molar-refractivity contribution in [3.63, 3.8) is 0 Å². The van der Waals surface area contributed by atoms with Crippen molar-refractivity contribution < 1.29 is 75.0 Å². The maximum Gasteiger partial charge on any atom is 0.264 e. The monoisotopic (exact) mass is 2160 g/mol. The molecule has 6 bridgehead atoms. The summed E-state index contributed by atoms with van der Waals surface area (Å²) in [5, 5.41) is 37.8. The molecule has 804 valence electrons. The Kier molecular flexibility index (Phi) is 33.3. The van der Waals surface area contributed by atoms with Crippen LogP contribution >= 0.6 is 34.8 Å². The van der Waals surface area contributed by atoms with E-state index in [9.17, 15) is 46.5 Å². The summed E-state index contributed by atoms with van der Waals surface area (Å²) >= 11 is 19.4. The van der Waals surface area contributed by atoms with E-state index in [1.807, 2.05) is 107 Å². The minimum absolute atomic E-state index is 0.0624. The summed E-state index contributed by atoms with van der Waals surface area (Å²) in [7, 11) is -9.99. The standard InChI is InChI=1S/2C40H50ClN3O5S.C39H48ClN3O6S/c2*1-28-7-4-16-40(46,17-6-18-43-19-21-48-22-20-43)35-12-9-32(35)25-44-26-39(15-5-8-30-23-33(41)11-13-34(30)39)27-49-37-14-10-31(24-36(37)44)38(45)42-50(3,47)29(28)2;1-27-6-3-15-39(45,16-5-17-42-18-20-48-21-19-42)34-11-8-31(34)24-43-25-38(14-4-7-29-22-32(40)10-12-33(29)38)26-49-36-13-9-30(23-35(36)43)37(44)41-50(46,47)28(27)2/h2*4,10-11,13-14,16,23-24,28-29,32,35,46H,3,5,7-9,12,15,18-22,25-27H2,1-2H3,(H,42,45,47);3,9-10,12-13,15,22-23,27-28,31,34,45H,4,6-8,11,14,17-21,24-26H2,1-2H3,(H,41,44)/b2*16-4+;15-3+/t2*28-,29+,32-,35+,39-,40-,50?;27-,28+,31-,34+,38-,39+/m000/s1. The number of amides is 3. The van der Waals surface area contributed by atoms with E-state index in [-0.39, 0.29) is 75.1 Å². The first-order valence-electron chi connectivity index (χ1n) is 54.3. The number of anilines is 3. The van der Waals surface area contributed by atoms with E-state index in [1.54, 1.807) is 43.3 Å². The topological polar surface area (TPSA) is 291 Å². The van der Waals surface area contributed by atoms with Crippen molar-refractivity contribution in [2.45, 2.75) is 206 Å². The van der Waals surface area contributed by atoms with Gasteiger partial charge in [0.1, 0.15) is 34.1 Å². The van der Waals surface area contributed by atoms with E-state index in [2.05, 4.69) is 127 Å². The van der Waals surface area contributed by atoms with E-state index in [4.69, 9.17) is 63.2 Å². The van der Waals surface area contributed by atoms with Crippen LogP contribution in [0, 0.1) is 88.8 Å². The van der Waals surface area contributed by atoms with Gasteiger partial charge in [-0.15, -0.1) is 0 Å². The average Bonchev–Trinajstić information content (AvgIpc) is 1.68. The van der Waals surface area contributed by atoms with Crippen molar-refractivity contribution in [2.75, 3.05) is 172 Å². The van der Waals surface area contributed by atoms with E-state index >= 15 is 0 Å². The fraction of sp³-hybridized carbons (Fsp3) is 0.555. The van der Waals surface area contributed by atoms with Gasteiger partial charge >= 0.3 is 0 Å². The summed E-state index contributed by atoms with van der Waals surface area (Å²) in [4.78, 5) is 54.8. The lowest BCUT2D eigenvalue weighted by Gasteiger charge is -2.47. The number of halogens is 3. The molecule has 0 radical (unpaired) electrons. The van der Waals surface area contributed by atoms with Gasteiger partial charge in [-0.3, -0.25) is 38.5 Å². The zero-order chi connectivity index (χ0) is 105. The Labute approximate surface area is 903 Å². The number of rotatable bonds is 3. The molecule has 3 spiro atoms. The average molecular weight is 2160 g/mol. The van der Waals surface area contributed by atoms with E-state index in [0.29, 0.717) is 166 Å². The van der Waals surface area contributed by atoms with Crippen LogP contribution in [0.25, 0.3) is 0 Å². The quantitative estimate of drug-likeness (QED) is 0.0545. The third-order valence-corrected chi connectivity index (χ3v) is 42.8. The molecule has 0 aromatic heterocycles. The van der Waals surface area contributed by atoms with Crippen LogP contribution in [0.1, 0.15) is 202 Å². The number of aliphatic hydroxyl groups is 3. The highest BCUT2D eigenvalue weighted by Crippen LogP contribution is 2.54. The van der Waals surface area contributed by atoms with Gasteiger partial charge < -0.3 is 58.4 Å². The highest BCUT2D eigenvalue weighted by molar-refractivity contribution is 7.99. The fourth-order valence-corrected chi connectivity index (χ4v) is 30.4. The number of carbonyl (C=O) groups is 3. The number of fused-ring (bicyclic) bond motifs is 12. The number of hydrogen-bond acceptors (Lipinski definition) is 22. The van der Waals surface area contributed by atoms with Crippen molar-refractivity contribution in [3.05, 3.63) is 211 Å². The van der Waals surface area contributed by atoms with Crippen molar-refractivity contribution in [1.29, 1.82) is 0 Å². The molecule has 15 aliphatic rings. The molecule has 150 heavy (non-hydrogen) atoms. The largest absolute Gasteiger partial charge is 0.490 e. The molecule has 9 heterocycles. The molecule has 21 rings (SSSR count). The molecular formula is C119H148Cl3N9O16S3. The molecular weight excluding hydrogens is 2010 g/mol. The van der Waals surface area contributed by atoms with Crippen molar-refractivity contribution in [2.24, 2.45) is 53.3 Å². The third kappa shape index (κ3) is 23.8. The lowest BCUT2D eigenvalue weighted by atomic mass is 9.64. The summed E-state index contributed by atoms with van der Waals surface area (Å²) in [6.07, 6.45) is 27.2. The number of carbonyl (C=O) groups excluding carboxylic acids is 3. The summed E-state index contributed by atoms with van der Waals surface area (Å²) in [5.41, 5.74) is 6.19. The van der Waals surface area contributed by atoms with Crippen LogP contribution in [0.5, 0.6) is 17.2 Å². The van der Waals surface area contributed by atoms with Crippen LogP contribution in [0.2, 0.25) is 15.1 Å². The highest BCUT2D eigenvalue weighted by atomic mass is 35.5. The fourth-order valence-electron chi connectivity index (χ4n) is 25.6. The van der Waals surface area contributed by atoms with Gasteiger partial charge in [0.05, 0.1) is 121 Å². The van der Waals surface area contributed by atoms with Gasteiger partial charge in [0.2, 0.25) is 10.0 Å². The van der Waals surface area contributed by atoms with Gasteiger partial charge in [0, 0.05) is 155 Å². The van der Waals surface area contributed by atoms with Crippen molar-refractivity contribution in [3.8, 4) is 52.8 Å². The Morgan fingerprint density at radius 3 is 0.980 bits per heavy atom. The smallest absolute Gasteiger partial charge is 0.264 e. The van der Waals surface area contributed by atoms with Gasteiger partial charge in [-0.05, 0) is 326 Å².